The van der Waals surface area contributed by atoms with E-state index in [2.05, 4.69) is 82.7 Å². The van der Waals surface area contributed by atoms with Gasteiger partial charge in [-0.1, -0.05) is 104 Å². The quantitative estimate of drug-likeness (QED) is 0.140. The van der Waals surface area contributed by atoms with E-state index in [1.54, 1.807) is 6.92 Å². The van der Waals surface area contributed by atoms with Crippen LogP contribution in [0.25, 0.3) is 0 Å². The molecule has 2 N–H and O–H groups in total. The van der Waals surface area contributed by atoms with Crippen LogP contribution in [-0.2, 0) is 23.8 Å². The lowest BCUT2D eigenvalue weighted by molar-refractivity contribution is -0.172. The molecule has 0 heterocycles. The molecular weight excluding hydrogens is 532 g/mol. The van der Waals surface area contributed by atoms with Gasteiger partial charge in [0.2, 0.25) is 0 Å². The summed E-state index contributed by atoms with van der Waals surface area (Å²) in [6, 6.07) is 0. The summed E-state index contributed by atoms with van der Waals surface area (Å²) in [6.45, 7) is 36.2. The van der Waals surface area contributed by atoms with Crippen molar-refractivity contribution in [2.24, 2.45) is 32.5 Å². The summed E-state index contributed by atoms with van der Waals surface area (Å²) in [4.78, 5) is 24.1. The predicted octanol–water partition coefficient (Wildman–Crippen LogP) is 7.51. The van der Waals surface area contributed by atoms with Gasteiger partial charge < -0.3 is 24.4 Å². The van der Waals surface area contributed by atoms with Gasteiger partial charge in [0, 0.05) is 17.9 Å². The highest BCUT2D eigenvalue weighted by Crippen LogP contribution is 2.54. The van der Waals surface area contributed by atoms with Crippen molar-refractivity contribution in [3.05, 3.63) is 12.2 Å². The molecular formula is C35H66O7. The van der Waals surface area contributed by atoms with E-state index >= 15 is 0 Å². The molecule has 0 saturated heterocycles. The highest BCUT2D eigenvalue weighted by atomic mass is 16.6. The summed E-state index contributed by atoms with van der Waals surface area (Å²) in [6.07, 6.45) is -0.350. The van der Waals surface area contributed by atoms with Crippen LogP contribution in [0.15, 0.2) is 12.2 Å². The van der Waals surface area contributed by atoms with E-state index in [9.17, 15) is 19.8 Å². The number of rotatable bonds is 16. The fourth-order valence-corrected chi connectivity index (χ4v) is 4.94. The smallest absolute Gasteiger partial charge is 0.333 e. The third-order valence-corrected chi connectivity index (χ3v) is 9.85. The van der Waals surface area contributed by atoms with Crippen molar-refractivity contribution in [2.75, 3.05) is 13.2 Å². The molecule has 0 aromatic rings. The summed E-state index contributed by atoms with van der Waals surface area (Å²) in [7, 11) is 0. The van der Waals surface area contributed by atoms with Gasteiger partial charge in [0.25, 0.3) is 0 Å². The van der Waals surface area contributed by atoms with Crippen molar-refractivity contribution in [3.8, 4) is 0 Å². The van der Waals surface area contributed by atoms with E-state index in [0.29, 0.717) is 19.3 Å². The number of ether oxygens (including phenoxy) is 3. The molecule has 0 bridgehead atoms. The molecule has 0 amide bonds. The number of aliphatic hydroxyl groups excluding tert-OH is 2. The zero-order valence-electron chi connectivity index (χ0n) is 30.0. The minimum atomic E-state index is -1.01. The average Bonchev–Trinajstić information content (AvgIpc) is 2.76. The Morgan fingerprint density at radius 3 is 1.55 bits per heavy atom. The van der Waals surface area contributed by atoms with Crippen molar-refractivity contribution < 1.29 is 34.0 Å². The maximum absolute atomic E-state index is 12.2. The minimum absolute atomic E-state index is 0.0264. The van der Waals surface area contributed by atoms with E-state index in [-0.39, 0.29) is 58.6 Å². The van der Waals surface area contributed by atoms with Crippen molar-refractivity contribution >= 4 is 11.9 Å². The molecule has 0 fully saturated rings. The molecule has 0 aliphatic carbocycles. The summed E-state index contributed by atoms with van der Waals surface area (Å²) in [5, 5.41) is 21.8. The van der Waals surface area contributed by atoms with Crippen LogP contribution in [0.1, 0.15) is 130 Å². The SMILES string of the molecule is C=C(C)C(=O)OCC(O)COC(CC(C)(C)C(C)(C)C(CC(C)(C)C)OC(C)=O)C(C)(C)C(C)(C)CC(O)C(C)(C)C. The van der Waals surface area contributed by atoms with Gasteiger partial charge in [-0.2, -0.15) is 0 Å². The maximum atomic E-state index is 12.2. The molecule has 0 aliphatic heterocycles. The Hall–Kier alpha value is -1.44. The molecule has 4 unspecified atom stereocenters. The third-order valence-electron chi connectivity index (χ3n) is 9.85. The Kier molecular flexibility index (Phi) is 14.1. The highest BCUT2D eigenvalue weighted by Gasteiger charge is 2.52. The van der Waals surface area contributed by atoms with Gasteiger partial charge in [0.05, 0.1) is 18.8 Å². The molecule has 0 aliphatic rings. The van der Waals surface area contributed by atoms with E-state index in [1.807, 2.05) is 20.8 Å². The van der Waals surface area contributed by atoms with Crippen LogP contribution in [0, 0.1) is 32.5 Å². The Morgan fingerprint density at radius 1 is 0.690 bits per heavy atom. The largest absolute Gasteiger partial charge is 0.462 e. The highest BCUT2D eigenvalue weighted by molar-refractivity contribution is 5.86. The second-order valence-corrected chi connectivity index (χ2v) is 17.2. The van der Waals surface area contributed by atoms with Crippen LogP contribution >= 0.6 is 0 Å². The normalized spacial score (nSPS) is 16.8. The lowest BCUT2D eigenvalue weighted by Crippen LogP contribution is -2.52. The van der Waals surface area contributed by atoms with Gasteiger partial charge in [-0.15, -0.1) is 0 Å². The van der Waals surface area contributed by atoms with Gasteiger partial charge in [0.15, 0.2) is 0 Å². The van der Waals surface area contributed by atoms with Gasteiger partial charge in [-0.25, -0.2) is 4.79 Å². The van der Waals surface area contributed by atoms with Gasteiger partial charge in [-0.05, 0) is 53.3 Å². The first-order valence-electron chi connectivity index (χ1n) is 15.5. The summed E-state index contributed by atoms with van der Waals surface area (Å²) in [5.74, 6) is -0.854. The van der Waals surface area contributed by atoms with Crippen LogP contribution < -0.4 is 0 Å². The summed E-state index contributed by atoms with van der Waals surface area (Å²) >= 11 is 0. The molecule has 0 aromatic carbocycles. The Balaban J connectivity index is 6.48. The first kappa shape index (κ1) is 40.6. The summed E-state index contributed by atoms with van der Waals surface area (Å²) in [5.41, 5.74) is -1.70. The number of carbonyl (C=O) groups excluding carboxylic acids is 2. The van der Waals surface area contributed by atoms with Crippen LogP contribution in [-0.4, -0.2) is 59.8 Å². The minimum Gasteiger partial charge on any atom is -0.462 e. The van der Waals surface area contributed by atoms with Crippen molar-refractivity contribution in [1.29, 1.82) is 0 Å². The fourth-order valence-electron chi connectivity index (χ4n) is 4.94. The zero-order valence-corrected chi connectivity index (χ0v) is 30.0. The number of esters is 2. The topological polar surface area (TPSA) is 102 Å². The van der Waals surface area contributed by atoms with Crippen LogP contribution in [0.3, 0.4) is 0 Å². The molecule has 0 radical (unpaired) electrons. The predicted molar refractivity (Wildman–Crippen MR) is 171 cm³/mol. The van der Waals surface area contributed by atoms with E-state index in [4.69, 9.17) is 14.2 Å². The van der Waals surface area contributed by atoms with Crippen molar-refractivity contribution in [1.82, 2.24) is 0 Å². The summed E-state index contributed by atoms with van der Waals surface area (Å²) < 4.78 is 17.7. The molecule has 248 valence electrons. The first-order chi connectivity index (χ1) is 18.5. The second-order valence-electron chi connectivity index (χ2n) is 17.2. The third kappa shape index (κ3) is 11.9. The standard InChI is InChI=1S/C35H66O7/c1-23(2)29(39)41-22-25(37)21-40-27(34(14,15)32(10,11)18-26(38)31(7,8)9)20-33(12,13)35(16,17)28(42-24(3)36)19-30(4,5)6/h25-28,37-38H,1,18-22H2,2-17H3. The Morgan fingerprint density at radius 2 is 1.14 bits per heavy atom. The molecule has 0 rings (SSSR count). The fraction of sp³-hybridized carbons (Fsp3) is 0.886. The molecule has 0 spiro atoms. The Labute approximate surface area is 258 Å². The first-order valence-corrected chi connectivity index (χ1v) is 15.5. The number of aliphatic hydroxyl groups is 2. The van der Waals surface area contributed by atoms with Gasteiger partial charge >= 0.3 is 11.9 Å². The monoisotopic (exact) mass is 598 g/mol. The number of hydrogen-bond donors (Lipinski definition) is 2. The van der Waals surface area contributed by atoms with Crippen LogP contribution in [0.2, 0.25) is 0 Å². The van der Waals surface area contributed by atoms with E-state index in [1.165, 1.54) is 6.92 Å². The van der Waals surface area contributed by atoms with Gasteiger partial charge in [0.1, 0.15) is 18.8 Å². The number of hydrogen-bond acceptors (Lipinski definition) is 7. The van der Waals surface area contributed by atoms with Gasteiger partial charge in [-0.3, -0.25) is 4.79 Å². The van der Waals surface area contributed by atoms with E-state index < -0.39 is 29.0 Å². The van der Waals surface area contributed by atoms with Crippen LogP contribution in [0.5, 0.6) is 0 Å². The van der Waals surface area contributed by atoms with Crippen molar-refractivity contribution in [2.45, 2.75) is 154 Å². The molecule has 42 heavy (non-hydrogen) atoms. The zero-order chi connectivity index (χ0) is 33.7. The molecule has 7 heteroatoms. The lowest BCUT2D eigenvalue weighted by Gasteiger charge is -2.54. The van der Waals surface area contributed by atoms with Crippen molar-refractivity contribution in [3.63, 3.8) is 0 Å². The number of carbonyl (C=O) groups is 2. The molecule has 4 atom stereocenters. The average molecular weight is 599 g/mol. The lowest BCUT2D eigenvalue weighted by atomic mass is 9.55. The van der Waals surface area contributed by atoms with E-state index in [0.717, 1.165) is 0 Å². The maximum Gasteiger partial charge on any atom is 0.333 e. The molecule has 7 nitrogen and oxygen atoms in total. The molecule has 0 saturated carbocycles. The van der Waals surface area contributed by atoms with Crippen LogP contribution in [0.4, 0.5) is 0 Å². The Bertz CT molecular complexity index is 899. The molecule has 0 aromatic heterocycles. The second kappa shape index (κ2) is 14.6.